The molecule has 0 aromatic heterocycles. The molecule has 0 aliphatic heterocycles. The average Bonchev–Trinajstić information content (AvgIpc) is 2.48. The summed E-state index contributed by atoms with van der Waals surface area (Å²) in [5.74, 6) is 0.452. The molecule has 0 spiro atoms. The lowest BCUT2D eigenvalue weighted by molar-refractivity contribution is -0.122. The van der Waals surface area contributed by atoms with Crippen molar-refractivity contribution in [2.75, 3.05) is 6.54 Å². The zero-order valence-corrected chi connectivity index (χ0v) is 13.9. The van der Waals surface area contributed by atoms with Gasteiger partial charge in [-0.2, -0.15) is 0 Å². The molecule has 1 rings (SSSR count). The lowest BCUT2D eigenvalue weighted by Crippen LogP contribution is -2.31. The molecule has 4 heteroatoms. The van der Waals surface area contributed by atoms with Crippen LogP contribution < -0.4 is 10.6 Å². The molecule has 0 aliphatic rings. The van der Waals surface area contributed by atoms with Gasteiger partial charge in [0, 0.05) is 19.9 Å². The fourth-order valence-electron chi connectivity index (χ4n) is 2.39. The molecule has 0 aliphatic carbocycles. The molecule has 0 saturated carbocycles. The molecule has 0 radical (unpaired) electrons. The Bertz CT molecular complexity index is 457. The normalized spacial score (nSPS) is 12.0. The van der Waals surface area contributed by atoms with Crippen LogP contribution in [0.4, 0.5) is 0 Å². The fraction of sp³-hybridized carbons (Fsp3) is 0.556. The highest BCUT2D eigenvalue weighted by atomic mass is 16.2. The predicted octanol–water partition coefficient (Wildman–Crippen LogP) is 3.20. The van der Waals surface area contributed by atoms with E-state index in [-0.39, 0.29) is 17.9 Å². The van der Waals surface area contributed by atoms with E-state index in [0.717, 1.165) is 24.8 Å². The van der Waals surface area contributed by atoms with Crippen molar-refractivity contribution in [3.8, 4) is 0 Å². The van der Waals surface area contributed by atoms with Gasteiger partial charge in [-0.1, -0.05) is 50.6 Å². The van der Waals surface area contributed by atoms with Crippen LogP contribution in [0, 0.1) is 5.92 Å². The van der Waals surface area contributed by atoms with Gasteiger partial charge < -0.3 is 10.6 Å². The Morgan fingerprint density at radius 1 is 1.05 bits per heavy atom. The van der Waals surface area contributed by atoms with E-state index in [2.05, 4.69) is 36.6 Å². The van der Waals surface area contributed by atoms with Crippen molar-refractivity contribution in [3.05, 3.63) is 35.9 Å². The predicted molar refractivity (Wildman–Crippen MR) is 89.3 cm³/mol. The van der Waals surface area contributed by atoms with Crippen molar-refractivity contribution in [3.63, 3.8) is 0 Å². The van der Waals surface area contributed by atoms with Gasteiger partial charge in [0.2, 0.25) is 11.8 Å². The van der Waals surface area contributed by atoms with E-state index < -0.39 is 0 Å². The summed E-state index contributed by atoms with van der Waals surface area (Å²) >= 11 is 0. The third kappa shape index (κ3) is 7.25. The summed E-state index contributed by atoms with van der Waals surface area (Å²) in [5.41, 5.74) is 1.15. The summed E-state index contributed by atoms with van der Waals surface area (Å²) in [6.07, 6.45) is 3.26. The van der Waals surface area contributed by atoms with Crippen LogP contribution in [0.3, 0.4) is 0 Å². The first-order valence-corrected chi connectivity index (χ1v) is 8.09. The first-order chi connectivity index (χ1) is 10.5. The monoisotopic (exact) mass is 304 g/mol. The number of amides is 2. The van der Waals surface area contributed by atoms with Crippen LogP contribution in [0.25, 0.3) is 0 Å². The van der Waals surface area contributed by atoms with Crippen LogP contribution in [0.15, 0.2) is 30.3 Å². The Morgan fingerprint density at radius 2 is 1.73 bits per heavy atom. The van der Waals surface area contributed by atoms with Gasteiger partial charge in [-0.15, -0.1) is 0 Å². The van der Waals surface area contributed by atoms with E-state index in [1.807, 2.05) is 18.2 Å². The van der Waals surface area contributed by atoms with Gasteiger partial charge in [0.25, 0.3) is 0 Å². The highest BCUT2D eigenvalue weighted by Gasteiger charge is 2.17. The second-order valence-corrected chi connectivity index (χ2v) is 5.99. The zero-order valence-electron chi connectivity index (χ0n) is 13.9. The number of hydrogen-bond acceptors (Lipinski definition) is 2. The van der Waals surface area contributed by atoms with E-state index in [4.69, 9.17) is 0 Å². The summed E-state index contributed by atoms with van der Waals surface area (Å²) in [4.78, 5) is 22.8. The van der Waals surface area contributed by atoms with Crippen LogP contribution >= 0.6 is 0 Å². The van der Waals surface area contributed by atoms with Crippen LogP contribution in [-0.2, 0) is 9.59 Å². The van der Waals surface area contributed by atoms with Crippen molar-refractivity contribution < 1.29 is 9.59 Å². The number of carbonyl (C=O) groups is 2. The lowest BCUT2D eigenvalue weighted by atomic mass is 9.96. The van der Waals surface area contributed by atoms with Gasteiger partial charge in [0.1, 0.15) is 0 Å². The van der Waals surface area contributed by atoms with Gasteiger partial charge in [-0.3, -0.25) is 9.59 Å². The van der Waals surface area contributed by atoms with E-state index in [0.29, 0.717) is 18.9 Å². The van der Waals surface area contributed by atoms with Crippen molar-refractivity contribution in [2.45, 2.75) is 52.5 Å². The maximum Gasteiger partial charge on any atom is 0.220 e. The fourth-order valence-corrected chi connectivity index (χ4v) is 2.39. The molecule has 122 valence electrons. The highest BCUT2D eigenvalue weighted by molar-refractivity contribution is 5.76. The van der Waals surface area contributed by atoms with Crippen molar-refractivity contribution in [1.29, 1.82) is 0 Å². The molecule has 0 bridgehead atoms. The first kappa shape index (κ1) is 18.2. The number of carbonyl (C=O) groups excluding carboxylic acids is 2. The number of benzene rings is 1. The van der Waals surface area contributed by atoms with E-state index in [9.17, 15) is 9.59 Å². The molecule has 0 fully saturated rings. The molecule has 1 aromatic carbocycles. The minimum absolute atomic E-state index is 0.000351. The first-order valence-electron chi connectivity index (χ1n) is 8.09. The Labute approximate surface area is 133 Å². The van der Waals surface area contributed by atoms with Crippen molar-refractivity contribution in [2.24, 2.45) is 5.92 Å². The molecule has 2 N–H and O–H groups in total. The van der Waals surface area contributed by atoms with Crippen molar-refractivity contribution >= 4 is 11.8 Å². The third-order valence-electron chi connectivity index (χ3n) is 3.60. The highest BCUT2D eigenvalue weighted by Crippen LogP contribution is 2.21. The van der Waals surface area contributed by atoms with Gasteiger partial charge in [0.15, 0.2) is 0 Å². The van der Waals surface area contributed by atoms with E-state index >= 15 is 0 Å². The minimum atomic E-state index is 0.000351. The Morgan fingerprint density at radius 3 is 2.32 bits per heavy atom. The van der Waals surface area contributed by atoms with Crippen LogP contribution in [0.1, 0.15) is 58.1 Å². The zero-order chi connectivity index (χ0) is 16.4. The second-order valence-electron chi connectivity index (χ2n) is 5.99. The molecule has 1 aromatic rings. The van der Waals surface area contributed by atoms with Gasteiger partial charge >= 0.3 is 0 Å². The van der Waals surface area contributed by atoms with Crippen molar-refractivity contribution in [1.82, 2.24) is 10.6 Å². The standard InChI is InChI=1S/C18H28N2O2/c1-14(2)18(16-10-6-4-7-11-16)20-17(22)12-8-5-9-13-19-15(3)21/h4,6-7,10-11,14,18H,5,8-9,12-13H2,1-3H3,(H,19,21)(H,20,22). The minimum Gasteiger partial charge on any atom is -0.356 e. The number of nitrogens with one attached hydrogen (secondary N) is 2. The van der Waals surface area contributed by atoms with Crippen LogP contribution in [-0.4, -0.2) is 18.4 Å². The topological polar surface area (TPSA) is 58.2 Å². The van der Waals surface area contributed by atoms with E-state index in [1.165, 1.54) is 6.92 Å². The van der Waals surface area contributed by atoms with Gasteiger partial charge in [-0.05, 0) is 24.3 Å². The number of rotatable bonds is 9. The SMILES string of the molecule is CC(=O)NCCCCCC(=O)NC(c1ccccc1)C(C)C. The van der Waals surface area contributed by atoms with Crippen LogP contribution in [0.5, 0.6) is 0 Å². The number of hydrogen-bond donors (Lipinski definition) is 2. The smallest absolute Gasteiger partial charge is 0.220 e. The summed E-state index contributed by atoms with van der Waals surface area (Å²) < 4.78 is 0. The third-order valence-corrected chi connectivity index (χ3v) is 3.60. The second kappa shape index (κ2) is 9.98. The Hall–Kier alpha value is -1.84. The van der Waals surface area contributed by atoms with Gasteiger partial charge in [-0.25, -0.2) is 0 Å². The molecule has 0 heterocycles. The molecular formula is C18H28N2O2. The van der Waals surface area contributed by atoms with Crippen LogP contribution in [0.2, 0.25) is 0 Å². The summed E-state index contributed by atoms with van der Waals surface area (Å²) in [5, 5.41) is 5.90. The molecule has 22 heavy (non-hydrogen) atoms. The average molecular weight is 304 g/mol. The largest absolute Gasteiger partial charge is 0.356 e. The summed E-state index contributed by atoms with van der Waals surface area (Å²) in [7, 11) is 0. The Balaban J connectivity index is 2.31. The maximum atomic E-state index is 12.1. The molecule has 1 atom stereocenters. The lowest BCUT2D eigenvalue weighted by Gasteiger charge is -2.23. The maximum absolute atomic E-state index is 12.1. The Kier molecular flexibility index (Phi) is 8.26. The van der Waals surface area contributed by atoms with Gasteiger partial charge in [0.05, 0.1) is 6.04 Å². The number of unbranched alkanes of at least 4 members (excludes halogenated alkanes) is 2. The molecule has 2 amide bonds. The molecule has 1 unspecified atom stereocenters. The summed E-state index contributed by atoms with van der Waals surface area (Å²) in [6, 6.07) is 10.2. The summed E-state index contributed by atoms with van der Waals surface area (Å²) in [6.45, 7) is 6.44. The quantitative estimate of drug-likeness (QED) is 0.688. The molecular weight excluding hydrogens is 276 g/mol. The molecule has 4 nitrogen and oxygen atoms in total. The molecule has 0 saturated heterocycles. The van der Waals surface area contributed by atoms with E-state index in [1.54, 1.807) is 0 Å².